The van der Waals surface area contributed by atoms with Gasteiger partial charge in [0.15, 0.2) is 11.6 Å². The third-order valence-electron chi connectivity index (χ3n) is 7.45. The molecule has 0 aliphatic carbocycles. The first-order valence-electron chi connectivity index (χ1n) is 14.9. The van der Waals surface area contributed by atoms with Gasteiger partial charge in [-0.05, 0) is 73.5 Å². The molecule has 3 heterocycles. The van der Waals surface area contributed by atoms with E-state index >= 15 is 0 Å². The van der Waals surface area contributed by atoms with E-state index < -0.39 is 23.1 Å². The summed E-state index contributed by atoms with van der Waals surface area (Å²) in [7, 11) is 0. The van der Waals surface area contributed by atoms with Gasteiger partial charge in [-0.15, -0.1) is 0 Å². The molecule has 0 saturated carbocycles. The van der Waals surface area contributed by atoms with E-state index in [1.165, 1.54) is 23.2 Å². The highest BCUT2D eigenvalue weighted by Crippen LogP contribution is 2.30. The lowest BCUT2D eigenvalue weighted by Gasteiger charge is -2.24. The second-order valence-electron chi connectivity index (χ2n) is 10.8. The molecule has 10 nitrogen and oxygen atoms in total. The Morgan fingerprint density at radius 2 is 1.87 bits per heavy atom. The molecule has 3 N–H and O–H groups in total. The standard InChI is InChI=1S/C34H31F2N7O3/c35-28-9-8-23(16-29(28)36)20-43-21-38-19-27(33(43)45)32(44)39-12-4-5-22-15-24-18-40-34(41-25-6-2-1-3-7-25)42-31(24)30(17-22)46-26-10-13-37-14-11-26/h1-9,15-19,21,26,37H,10-14,20H2,(H,39,44)(H,40,41,42)/b5-4+. The van der Waals surface area contributed by atoms with E-state index in [4.69, 9.17) is 9.72 Å². The minimum Gasteiger partial charge on any atom is -0.488 e. The van der Waals surface area contributed by atoms with Crippen LogP contribution in [0.2, 0.25) is 0 Å². The van der Waals surface area contributed by atoms with Gasteiger partial charge in [0.05, 0.1) is 12.9 Å². The first-order chi connectivity index (χ1) is 22.4. The van der Waals surface area contributed by atoms with Crippen molar-refractivity contribution in [3.05, 3.63) is 124 Å². The minimum atomic E-state index is -1.02. The molecular formula is C34H31F2N7O3. The number of fused-ring (bicyclic) bond motifs is 1. The molecule has 3 aromatic carbocycles. The number of piperidine rings is 1. The van der Waals surface area contributed by atoms with Crippen molar-refractivity contribution in [2.75, 3.05) is 25.0 Å². The molecule has 234 valence electrons. The summed E-state index contributed by atoms with van der Waals surface area (Å²) >= 11 is 0. The summed E-state index contributed by atoms with van der Waals surface area (Å²) in [6.45, 7) is 1.82. The number of para-hydroxylation sites is 1. The Morgan fingerprint density at radius 1 is 1.04 bits per heavy atom. The molecule has 0 bridgehead atoms. The summed E-state index contributed by atoms with van der Waals surface area (Å²) < 4.78 is 34.5. The fourth-order valence-electron chi connectivity index (χ4n) is 5.12. The highest BCUT2D eigenvalue weighted by Gasteiger charge is 2.18. The number of carbonyl (C=O) groups excluding carboxylic acids is 1. The number of hydrogen-bond acceptors (Lipinski definition) is 8. The molecule has 0 atom stereocenters. The lowest BCUT2D eigenvalue weighted by atomic mass is 10.1. The van der Waals surface area contributed by atoms with Crippen LogP contribution in [0.5, 0.6) is 5.75 Å². The Hall–Kier alpha value is -5.49. The Morgan fingerprint density at radius 3 is 2.67 bits per heavy atom. The van der Waals surface area contributed by atoms with Gasteiger partial charge in [0, 0.05) is 30.0 Å². The maximum absolute atomic E-state index is 13.6. The number of nitrogens with zero attached hydrogens (tertiary/aromatic N) is 4. The molecule has 1 fully saturated rings. The average molecular weight is 624 g/mol. The third kappa shape index (κ3) is 7.41. The van der Waals surface area contributed by atoms with Crippen LogP contribution < -0.4 is 26.2 Å². The summed E-state index contributed by atoms with van der Waals surface area (Å²) in [5, 5.41) is 10.1. The van der Waals surface area contributed by atoms with Gasteiger partial charge in [-0.3, -0.25) is 14.2 Å². The van der Waals surface area contributed by atoms with Crippen LogP contribution in [0, 0.1) is 11.6 Å². The average Bonchev–Trinajstić information content (AvgIpc) is 3.07. The maximum Gasteiger partial charge on any atom is 0.266 e. The van der Waals surface area contributed by atoms with Crippen LogP contribution in [0.3, 0.4) is 0 Å². The Kier molecular flexibility index (Phi) is 9.35. The highest BCUT2D eigenvalue weighted by molar-refractivity contribution is 5.93. The predicted octanol–water partition coefficient (Wildman–Crippen LogP) is 4.83. The Balaban J connectivity index is 1.16. The molecule has 12 heteroatoms. The van der Waals surface area contributed by atoms with E-state index in [1.54, 1.807) is 12.3 Å². The van der Waals surface area contributed by atoms with Gasteiger partial charge in [-0.1, -0.05) is 36.4 Å². The lowest BCUT2D eigenvalue weighted by Crippen LogP contribution is -2.34. The van der Waals surface area contributed by atoms with Crippen LogP contribution in [0.4, 0.5) is 20.4 Å². The summed E-state index contributed by atoms with van der Waals surface area (Å²) in [4.78, 5) is 39.0. The number of aromatic nitrogens is 4. The first-order valence-corrected chi connectivity index (χ1v) is 14.9. The van der Waals surface area contributed by atoms with Crippen molar-refractivity contribution in [1.29, 1.82) is 0 Å². The van der Waals surface area contributed by atoms with Crippen molar-refractivity contribution in [2.24, 2.45) is 0 Å². The number of rotatable bonds is 10. The Bertz CT molecular complexity index is 1940. The normalized spacial score (nSPS) is 13.6. The minimum absolute atomic E-state index is 0.0501. The zero-order valence-electron chi connectivity index (χ0n) is 24.7. The summed E-state index contributed by atoms with van der Waals surface area (Å²) in [6.07, 6.45) is 9.58. The Labute approximate surface area is 263 Å². The fraction of sp³-hybridized carbons (Fsp3) is 0.206. The van der Waals surface area contributed by atoms with Crippen LogP contribution in [-0.4, -0.2) is 51.2 Å². The molecule has 5 aromatic rings. The van der Waals surface area contributed by atoms with Gasteiger partial charge < -0.3 is 20.7 Å². The van der Waals surface area contributed by atoms with Crippen LogP contribution in [0.15, 0.2) is 90.3 Å². The first kappa shape index (κ1) is 30.5. The molecule has 46 heavy (non-hydrogen) atoms. The summed E-state index contributed by atoms with van der Waals surface area (Å²) in [5.41, 5.74) is 1.98. The molecular weight excluding hydrogens is 592 g/mol. The molecule has 0 spiro atoms. The van der Waals surface area contributed by atoms with Crippen LogP contribution in [0.25, 0.3) is 17.0 Å². The van der Waals surface area contributed by atoms with Crippen LogP contribution >= 0.6 is 0 Å². The number of ether oxygens (including phenoxy) is 1. The third-order valence-corrected chi connectivity index (χ3v) is 7.45. The number of amides is 1. The van der Waals surface area contributed by atoms with Gasteiger partial charge >= 0.3 is 0 Å². The van der Waals surface area contributed by atoms with E-state index in [9.17, 15) is 18.4 Å². The van der Waals surface area contributed by atoms with E-state index in [-0.39, 0.29) is 24.8 Å². The largest absolute Gasteiger partial charge is 0.488 e. The van der Waals surface area contributed by atoms with Gasteiger partial charge in [-0.25, -0.2) is 23.7 Å². The molecule has 1 amide bonds. The number of hydrogen-bond donors (Lipinski definition) is 3. The van der Waals surface area contributed by atoms with Crippen molar-refractivity contribution in [1.82, 2.24) is 30.2 Å². The zero-order chi connectivity index (χ0) is 31.9. The van der Waals surface area contributed by atoms with Gasteiger partial charge in [0.2, 0.25) is 5.95 Å². The zero-order valence-corrected chi connectivity index (χ0v) is 24.7. The SMILES string of the molecule is O=C(NC/C=C/c1cc(OC2CCNCC2)c2nc(Nc3ccccc3)ncc2c1)c1cncn(Cc2ccc(F)c(F)c2)c1=O. The monoisotopic (exact) mass is 623 g/mol. The van der Waals surface area contributed by atoms with E-state index in [0.29, 0.717) is 22.8 Å². The van der Waals surface area contributed by atoms with Crippen molar-refractivity contribution in [3.8, 4) is 5.75 Å². The highest BCUT2D eigenvalue weighted by atomic mass is 19.2. The number of halogens is 2. The lowest BCUT2D eigenvalue weighted by molar-refractivity contribution is 0.0955. The molecule has 2 aromatic heterocycles. The number of benzene rings is 3. The van der Waals surface area contributed by atoms with E-state index in [1.807, 2.05) is 48.5 Å². The fourth-order valence-corrected chi connectivity index (χ4v) is 5.12. The summed E-state index contributed by atoms with van der Waals surface area (Å²) in [5.74, 6) is -1.51. The van der Waals surface area contributed by atoms with Crippen molar-refractivity contribution >= 4 is 34.5 Å². The van der Waals surface area contributed by atoms with Crippen LogP contribution in [0.1, 0.15) is 34.3 Å². The smallest absolute Gasteiger partial charge is 0.266 e. The van der Waals surface area contributed by atoms with Crippen molar-refractivity contribution in [3.63, 3.8) is 0 Å². The van der Waals surface area contributed by atoms with E-state index in [2.05, 4.69) is 25.9 Å². The maximum atomic E-state index is 13.6. The molecule has 1 aliphatic rings. The molecule has 1 aliphatic heterocycles. The predicted molar refractivity (Wildman–Crippen MR) is 171 cm³/mol. The van der Waals surface area contributed by atoms with Crippen molar-refractivity contribution < 1.29 is 18.3 Å². The quantitative estimate of drug-likeness (QED) is 0.202. The van der Waals surface area contributed by atoms with Gasteiger partial charge in [0.25, 0.3) is 11.5 Å². The second-order valence-corrected chi connectivity index (χ2v) is 10.8. The van der Waals surface area contributed by atoms with Crippen molar-refractivity contribution in [2.45, 2.75) is 25.5 Å². The molecule has 0 unspecified atom stereocenters. The second kappa shape index (κ2) is 14.1. The number of nitrogens with one attached hydrogen (secondary N) is 3. The number of anilines is 2. The molecule has 0 radical (unpaired) electrons. The number of carbonyl (C=O) groups is 1. The van der Waals surface area contributed by atoms with Crippen LogP contribution in [-0.2, 0) is 6.54 Å². The summed E-state index contributed by atoms with van der Waals surface area (Å²) in [6, 6.07) is 16.9. The van der Waals surface area contributed by atoms with Gasteiger partial charge in [-0.2, -0.15) is 0 Å². The van der Waals surface area contributed by atoms with E-state index in [0.717, 1.165) is 54.7 Å². The van der Waals surface area contributed by atoms with Gasteiger partial charge in [0.1, 0.15) is 22.9 Å². The molecule has 6 rings (SSSR count). The molecule has 1 saturated heterocycles. The topological polar surface area (TPSA) is 123 Å².